The van der Waals surface area contributed by atoms with Gasteiger partial charge >= 0.3 is 0 Å². The lowest BCUT2D eigenvalue weighted by molar-refractivity contribution is 0.698. The molecule has 0 unspecified atom stereocenters. The Labute approximate surface area is 89.5 Å². The van der Waals surface area contributed by atoms with Crippen LogP contribution >= 0.6 is 0 Å². The van der Waals surface area contributed by atoms with Gasteiger partial charge in [-0.3, -0.25) is 4.79 Å². The molecule has 0 aliphatic rings. The molecule has 0 bridgehead atoms. The van der Waals surface area contributed by atoms with Crippen LogP contribution in [0.25, 0.3) is 0 Å². The zero-order valence-corrected chi connectivity index (χ0v) is 9.29. The molecule has 0 radical (unpaired) electrons. The van der Waals surface area contributed by atoms with Gasteiger partial charge in [0, 0.05) is 32.0 Å². The molecule has 5 nitrogen and oxygen atoms in total. The molecule has 84 valence electrons. The number of likely N-dealkylation sites (N-methyl/N-ethyl adjacent to an activating group) is 1. The maximum atomic E-state index is 11.5. The van der Waals surface area contributed by atoms with E-state index < -0.39 is 0 Å². The van der Waals surface area contributed by atoms with Gasteiger partial charge < -0.3 is 15.2 Å². The summed E-state index contributed by atoms with van der Waals surface area (Å²) in [5.74, 6) is 0.509. The van der Waals surface area contributed by atoms with E-state index in [2.05, 4.69) is 22.2 Å². The van der Waals surface area contributed by atoms with E-state index >= 15 is 0 Å². The van der Waals surface area contributed by atoms with Crippen LogP contribution < -0.4 is 15.8 Å². The van der Waals surface area contributed by atoms with E-state index in [1.165, 1.54) is 0 Å². The van der Waals surface area contributed by atoms with E-state index in [-0.39, 0.29) is 5.56 Å². The van der Waals surface area contributed by atoms with Crippen molar-refractivity contribution in [3.63, 3.8) is 0 Å². The second kappa shape index (κ2) is 6.19. The number of hydrogen-bond acceptors (Lipinski definition) is 4. The van der Waals surface area contributed by atoms with Crippen LogP contribution in [0.4, 0.5) is 5.82 Å². The summed E-state index contributed by atoms with van der Waals surface area (Å²) in [6.07, 6.45) is 4.16. The largest absolute Gasteiger partial charge is 0.351 e. The Kier molecular flexibility index (Phi) is 4.83. The number of rotatable bonds is 6. The van der Waals surface area contributed by atoms with Crippen molar-refractivity contribution >= 4 is 5.82 Å². The first-order chi connectivity index (χ1) is 7.29. The molecule has 1 aromatic heterocycles. The van der Waals surface area contributed by atoms with Crippen LogP contribution in [0.15, 0.2) is 17.2 Å². The Balaban J connectivity index is 2.79. The topological polar surface area (TPSA) is 61.0 Å². The molecule has 0 saturated carbocycles. The Morgan fingerprint density at radius 3 is 2.93 bits per heavy atom. The molecular formula is C10H18N4O. The fourth-order valence-corrected chi connectivity index (χ4v) is 1.41. The van der Waals surface area contributed by atoms with Crippen LogP contribution in [0, 0.1) is 0 Å². The van der Waals surface area contributed by atoms with E-state index in [0.717, 1.165) is 26.1 Å². The Morgan fingerprint density at radius 2 is 2.33 bits per heavy atom. The van der Waals surface area contributed by atoms with Gasteiger partial charge in [-0.25, -0.2) is 4.98 Å². The fourth-order valence-electron chi connectivity index (χ4n) is 1.41. The molecule has 1 aromatic rings. The van der Waals surface area contributed by atoms with Gasteiger partial charge in [0.2, 0.25) is 0 Å². The van der Waals surface area contributed by atoms with Crippen molar-refractivity contribution in [2.75, 3.05) is 31.6 Å². The highest BCUT2D eigenvalue weighted by molar-refractivity contribution is 5.34. The van der Waals surface area contributed by atoms with Crippen LogP contribution in [0.3, 0.4) is 0 Å². The summed E-state index contributed by atoms with van der Waals surface area (Å²) in [5.41, 5.74) is -0.123. The fraction of sp³-hybridized carbons (Fsp3) is 0.600. The average molecular weight is 210 g/mol. The van der Waals surface area contributed by atoms with Crippen LogP contribution in [-0.2, 0) is 0 Å². The lowest BCUT2D eigenvalue weighted by Crippen LogP contribution is -2.35. The molecule has 0 fully saturated rings. The maximum Gasteiger partial charge on any atom is 0.290 e. The van der Waals surface area contributed by atoms with Crippen molar-refractivity contribution in [3.05, 3.63) is 22.7 Å². The number of nitrogens with zero attached hydrogens (tertiary/aromatic N) is 2. The van der Waals surface area contributed by atoms with Gasteiger partial charge in [0.15, 0.2) is 5.82 Å². The molecule has 0 aromatic carbocycles. The van der Waals surface area contributed by atoms with Gasteiger partial charge in [-0.1, -0.05) is 6.92 Å². The molecule has 0 aliphatic carbocycles. The van der Waals surface area contributed by atoms with Gasteiger partial charge in [0.25, 0.3) is 5.56 Å². The minimum atomic E-state index is -0.123. The van der Waals surface area contributed by atoms with Crippen LogP contribution in [0.1, 0.15) is 13.3 Å². The summed E-state index contributed by atoms with van der Waals surface area (Å²) in [6.45, 7) is 4.58. The summed E-state index contributed by atoms with van der Waals surface area (Å²) in [5, 5.41) is 3.06. The second-order valence-electron chi connectivity index (χ2n) is 3.33. The molecule has 1 heterocycles. The van der Waals surface area contributed by atoms with Crippen LogP contribution in [0.5, 0.6) is 0 Å². The Morgan fingerprint density at radius 1 is 1.53 bits per heavy atom. The molecule has 1 rings (SSSR count). The molecule has 0 aliphatic heterocycles. The number of H-pyrrole nitrogens is 1. The number of aromatic nitrogens is 2. The van der Waals surface area contributed by atoms with Crippen LogP contribution in [0.2, 0.25) is 0 Å². The van der Waals surface area contributed by atoms with E-state index in [0.29, 0.717) is 5.82 Å². The SMILES string of the molecule is CCCN(CCNC)c1ncc[nH]c1=O. The first-order valence-electron chi connectivity index (χ1n) is 5.22. The number of hydrogen-bond donors (Lipinski definition) is 2. The highest BCUT2D eigenvalue weighted by atomic mass is 16.1. The van der Waals surface area contributed by atoms with E-state index in [9.17, 15) is 4.79 Å². The molecule has 0 amide bonds. The molecule has 0 saturated heterocycles. The standard InChI is InChI=1S/C10H18N4O/c1-3-7-14(8-6-11-2)9-10(15)13-5-4-12-9/h4-5,11H,3,6-8H2,1-2H3,(H,13,15). The van der Waals surface area contributed by atoms with Gasteiger partial charge in [-0.2, -0.15) is 0 Å². The van der Waals surface area contributed by atoms with E-state index in [1.807, 2.05) is 11.9 Å². The van der Waals surface area contributed by atoms with Crippen LogP contribution in [-0.4, -0.2) is 36.6 Å². The van der Waals surface area contributed by atoms with Crippen molar-refractivity contribution in [1.29, 1.82) is 0 Å². The molecule has 0 spiro atoms. The van der Waals surface area contributed by atoms with E-state index in [4.69, 9.17) is 0 Å². The summed E-state index contributed by atoms with van der Waals surface area (Å²) in [7, 11) is 1.90. The Bertz CT molecular complexity index is 336. The van der Waals surface area contributed by atoms with Gasteiger partial charge in [0.1, 0.15) is 0 Å². The molecule has 15 heavy (non-hydrogen) atoms. The van der Waals surface area contributed by atoms with Gasteiger partial charge in [0.05, 0.1) is 0 Å². The quantitative estimate of drug-likeness (QED) is 0.704. The first kappa shape index (κ1) is 11.7. The first-order valence-corrected chi connectivity index (χ1v) is 5.22. The molecule has 2 N–H and O–H groups in total. The smallest absolute Gasteiger partial charge is 0.290 e. The third-order valence-electron chi connectivity index (χ3n) is 2.11. The Hall–Kier alpha value is -1.36. The summed E-state index contributed by atoms with van der Waals surface area (Å²) in [6, 6.07) is 0. The van der Waals surface area contributed by atoms with Crippen molar-refractivity contribution in [2.24, 2.45) is 0 Å². The molecule has 0 atom stereocenters. The summed E-state index contributed by atoms with van der Waals surface area (Å²) < 4.78 is 0. The minimum absolute atomic E-state index is 0.123. The lowest BCUT2D eigenvalue weighted by atomic mass is 10.4. The second-order valence-corrected chi connectivity index (χ2v) is 3.33. The highest BCUT2D eigenvalue weighted by Crippen LogP contribution is 2.02. The molecular weight excluding hydrogens is 192 g/mol. The highest BCUT2D eigenvalue weighted by Gasteiger charge is 2.09. The third kappa shape index (κ3) is 3.36. The minimum Gasteiger partial charge on any atom is -0.351 e. The number of anilines is 1. The monoisotopic (exact) mass is 210 g/mol. The van der Waals surface area contributed by atoms with Gasteiger partial charge in [-0.15, -0.1) is 0 Å². The molecule has 5 heteroatoms. The van der Waals surface area contributed by atoms with Gasteiger partial charge in [-0.05, 0) is 13.5 Å². The van der Waals surface area contributed by atoms with Crippen molar-refractivity contribution in [3.8, 4) is 0 Å². The number of aromatic amines is 1. The predicted molar refractivity (Wildman–Crippen MR) is 61.3 cm³/mol. The van der Waals surface area contributed by atoms with Crippen molar-refractivity contribution in [2.45, 2.75) is 13.3 Å². The van der Waals surface area contributed by atoms with Crippen molar-refractivity contribution < 1.29 is 0 Å². The summed E-state index contributed by atoms with van der Waals surface area (Å²) in [4.78, 5) is 20.3. The number of nitrogens with one attached hydrogen (secondary N) is 2. The zero-order chi connectivity index (χ0) is 11.1. The zero-order valence-electron chi connectivity index (χ0n) is 9.29. The average Bonchev–Trinajstić information content (AvgIpc) is 2.25. The normalized spacial score (nSPS) is 10.3. The van der Waals surface area contributed by atoms with Crippen molar-refractivity contribution in [1.82, 2.24) is 15.3 Å². The van der Waals surface area contributed by atoms with E-state index in [1.54, 1.807) is 12.4 Å². The maximum absolute atomic E-state index is 11.5. The summed E-state index contributed by atoms with van der Waals surface area (Å²) >= 11 is 0. The lowest BCUT2D eigenvalue weighted by Gasteiger charge is -2.21. The predicted octanol–water partition coefficient (Wildman–Crippen LogP) is 0.206. The third-order valence-corrected chi connectivity index (χ3v) is 2.11.